The molecule has 0 saturated carbocycles. The Balaban J connectivity index is 1.52. The molecule has 31 heavy (non-hydrogen) atoms. The molecule has 3 aromatic heterocycles. The van der Waals surface area contributed by atoms with Crippen LogP contribution in [-0.2, 0) is 22.7 Å². The number of halogens is 4. The van der Waals surface area contributed by atoms with E-state index in [1.54, 1.807) is 13.1 Å². The van der Waals surface area contributed by atoms with E-state index in [1.807, 2.05) is 0 Å². The van der Waals surface area contributed by atoms with Gasteiger partial charge in [-0.25, -0.2) is 14.1 Å². The van der Waals surface area contributed by atoms with E-state index in [-0.39, 0.29) is 17.8 Å². The van der Waals surface area contributed by atoms with Crippen molar-refractivity contribution in [3.8, 4) is 5.82 Å². The number of piperidine rings is 1. The van der Waals surface area contributed by atoms with Crippen LogP contribution in [0, 0.1) is 12.7 Å². The summed E-state index contributed by atoms with van der Waals surface area (Å²) in [5, 5.41) is 7.56. The van der Waals surface area contributed by atoms with Crippen LogP contribution in [0.5, 0.6) is 0 Å². The van der Waals surface area contributed by atoms with Crippen LogP contribution in [0.15, 0.2) is 30.6 Å². The van der Waals surface area contributed by atoms with Crippen LogP contribution in [-0.4, -0.2) is 34.0 Å². The number of rotatable bonds is 3. The van der Waals surface area contributed by atoms with Gasteiger partial charge >= 0.3 is 0 Å². The summed E-state index contributed by atoms with van der Waals surface area (Å²) in [6, 6.07) is 4.13. The number of aryl methyl sites for hydroxylation is 1. The minimum absolute atomic E-state index is 0.0231. The first-order valence-electron chi connectivity index (χ1n) is 10.0. The first-order valence-corrected chi connectivity index (χ1v) is 11.2. The Kier molecular flexibility index (Phi) is 5.12. The highest BCUT2D eigenvalue weighted by Gasteiger charge is 2.56. The molecule has 0 radical (unpaired) electrons. The Morgan fingerprint density at radius 2 is 2.13 bits per heavy atom. The van der Waals surface area contributed by atoms with Crippen molar-refractivity contribution in [2.45, 2.75) is 43.8 Å². The van der Waals surface area contributed by atoms with Gasteiger partial charge in [-0.2, -0.15) is 13.9 Å². The fraction of sp³-hybridized carbons (Fsp3) is 0.429. The van der Waals surface area contributed by atoms with E-state index in [2.05, 4.69) is 15.4 Å². The molecule has 1 atom stereocenters. The molecule has 2 aliphatic heterocycles. The quantitative estimate of drug-likeness (QED) is 0.603. The number of nitrogens with one attached hydrogen (secondary N) is 1. The Hall–Kier alpha value is -1.94. The van der Waals surface area contributed by atoms with Crippen LogP contribution < -0.4 is 5.32 Å². The maximum Gasteiger partial charge on any atom is 0.300 e. The molecule has 1 spiro atoms. The molecule has 1 saturated heterocycles. The van der Waals surface area contributed by atoms with Gasteiger partial charge < -0.3 is 10.1 Å². The number of nitrogens with zero attached hydrogens (tertiary/aromatic N) is 3. The third-order valence-corrected chi connectivity index (χ3v) is 7.47. The zero-order valence-electron chi connectivity index (χ0n) is 16.7. The van der Waals surface area contributed by atoms with Crippen LogP contribution in [0.25, 0.3) is 5.82 Å². The number of hydrogen-bond acceptors (Lipinski definition) is 5. The second kappa shape index (κ2) is 7.58. The predicted molar refractivity (Wildman–Crippen MR) is 112 cm³/mol. The second-order valence-electron chi connectivity index (χ2n) is 7.96. The average molecular weight is 469 g/mol. The van der Waals surface area contributed by atoms with Crippen molar-refractivity contribution in [2.24, 2.45) is 0 Å². The maximum absolute atomic E-state index is 15.5. The van der Waals surface area contributed by atoms with Gasteiger partial charge in [-0.1, -0.05) is 11.6 Å². The molecule has 5 rings (SSSR count). The van der Waals surface area contributed by atoms with Crippen LogP contribution in [0.2, 0.25) is 4.34 Å². The highest BCUT2D eigenvalue weighted by molar-refractivity contribution is 7.16. The highest BCUT2D eigenvalue weighted by atomic mass is 35.5. The fourth-order valence-electron chi connectivity index (χ4n) is 4.42. The van der Waals surface area contributed by atoms with E-state index in [4.69, 9.17) is 16.3 Å². The van der Waals surface area contributed by atoms with Crippen molar-refractivity contribution in [1.29, 1.82) is 0 Å². The SMILES string of the molecule is Cc1nn(-c2ncccc2F)cc1C[C@H]1OC2(CCNCC2)c2sc(Cl)cc2C1(F)F. The van der Waals surface area contributed by atoms with E-state index >= 15 is 8.78 Å². The third kappa shape index (κ3) is 3.47. The van der Waals surface area contributed by atoms with Crippen LogP contribution >= 0.6 is 22.9 Å². The summed E-state index contributed by atoms with van der Waals surface area (Å²) in [4.78, 5) is 4.54. The molecule has 2 aliphatic rings. The Labute approximate surface area is 186 Å². The number of hydrogen-bond donors (Lipinski definition) is 1. The van der Waals surface area contributed by atoms with Gasteiger partial charge in [0.05, 0.1) is 10.0 Å². The van der Waals surface area contributed by atoms with Crippen molar-refractivity contribution >= 4 is 22.9 Å². The van der Waals surface area contributed by atoms with Gasteiger partial charge in [-0.3, -0.25) is 0 Å². The Morgan fingerprint density at radius 1 is 1.35 bits per heavy atom. The number of alkyl halides is 2. The lowest BCUT2D eigenvalue weighted by molar-refractivity contribution is -0.227. The van der Waals surface area contributed by atoms with E-state index in [9.17, 15) is 4.39 Å². The molecule has 5 heterocycles. The van der Waals surface area contributed by atoms with E-state index in [1.165, 1.54) is 40.4 Å². The molecule has 5 nitrogen and oxygen atoms in total. The van der Waals surface area contributed by atoms with Gasteiger partial charge in [0.25, 0.3) is 5.92 Å². The molecule has 0 aliphatic carbocycles. The molecule has 1 N–H and O–H groups in total. The van der Waals surface area contributed by atoms with Crippen LogP contribution in [0.4, 0.5) is 13.2 Å². The number of fused-ring (bicyclic) bond motifs is 2. The zero-order chi connectivity index (χ0) is 21.8. The van der Waals surface area contributed by atoms with Crippen LogP contribution in [0.1, 0.15) is 34.5 Å². The second-order valence-corrected chi connectivity index (χ2v) is 9.65. The largest absolute Gasteiger partial charge is 0.359 e. The van der Waals surface area contributed by atoms with Gasteiger partial charge in [0.2, 0.25) is 0 Å². The van der Waals surface area contributed by atoms with Gasteiger partial charge in [0.15, 0.2) is 11.6 Å². The van der Waals surface area contributed by atoms with Gasteiger partial charge in [0, 0.05) is 29.3 Å². The first kappa shape index (κ1) is 20.9. The molecule has 3 aromatic rings. The predicted octanol–water partition coefficient (Wildman–Crippen LogP) is 4.74. The zero-order valence-corrected chi connectivity index (χ0v) is 18.2. The summed E-state index contributed by atoms with van der Waals surface area (Å²) < 4.78 is 53.0. The molecule has 0 bridgehead atoms. The lowest BCUT2D eigenvalue weighted by Crippen LogP contribution is -2.52. The van der Waals surface area contributed by atoms with Crippen molar-refractivity contribution in [3.05, 3.63) is 62.4 Å². The number of thiophene rings is 1. The van der Waals surface area contributed by atoms with Crippen molar-refractivity contribution in [2.75, 3.05) is 13.1 Å². The van der Waals surface area contributed by atoms with E-state index < -0.39 is 23.4 Å². The average Bonchev–Trinajstić information content (AvgIpc) is 3.32. The summed E-state index contributed by atoms with van der Waals surface area (Å²) in [5.74, 6) is -3.73. The minimum atomic E-state index is -3.21. The lowest BCUT2D eigenvalue weighted by atomic mass is 9.82. The fourth-order valence-corrected chi connectivity index (χ4v) is 5.87. The topological polar surface area (TPSA) is 52.0 Å². The molecule has 0 unspecified atom stereocenters. The standard InChI is InChI=1S/C21H20ClF3N4OS/c1-12-13(11-29(28-12)19-15(23)3-2-6-27-19)9-16-21(24,25)14-10-17(22)31-18(14)20(30-16)4-7-26-8-5-20/h2-3,6,10-11,16,26H,4-5,7-9H2,1H3/t16-/m1/s1. The van der Waals surface area contributed by atoms with E-state index in [0.29, 0.717) is 46.4 Å². The Morgan fingerprint density at radius 3 is 2.87 bits per heavy atom. The Bertz CT molecular complexity index is 1130. The molecule has 1 fully saturated rings. The van der Waals surface area contributed by atoms with Crippen LogP contribution in [0.3, 0.4) is 0 Å². The summed E-state index contributed by atoms with van der Waals surface area (Å²) in [5.41, 5.74) is 0.268. The van der Waals surface area contributed by atoms with Gasteiger partial charge in [-0.15, -0.1) is 11.3 Å². The molecular weight excluding hydrogens is 449 g/mol. The maximum atomic E-state index is 15.5. The highest BCUT2D eigenvalue weighted by Crippen LogP contribution is 2.55. The van der Waals surface area contributed by atoms with Crippen molar-refractivity contribution < 1.29 is 17.9 Å². The molecule has 0 aromatic carbocycles. The number of pyridine rings is 1. The summed E-state index contributed by atoms with van der Waals surface area (Å²) in [6.07, 6.45) is 2.76. The monoisotopic (exact) mass is 468 g/mol. The normalized spacial score (nSPS) is 21.9. The minimum Gasteiger partial charge on any atom is -0.359 e. The summed E-state index contributed by atoms with van der Waals surface area (Å²) in [7, 11) is 0. The van der Waals surface area contributed by atoms with Gasteiger partial charge in [0.1, 0.15) is 11.7 Å². The van der Waals surface area contributed by atoms with Crippen molar-refractivity contribution in [3.63, 3.8) is 0 Å². The molecule has 164 valence electrons. The smallest absolute Gasteiger partial charge is 0.300 e. The molecule has 10 heteroatoms. The van der Waals surface area contributed by atoms with Crippen molar-refractivity contribution in [1.82, 2.24) is 20.1 Å². The first-order chi connectivity index (χ1) is 14.8. The summed E-state index contributed by atoms with van der Waals surface area (Å²) >= 11 is 7.34. The number of ether oxygens (including phenoxy) is 1. The van der Waals surface area contributed by atoms with E-state index in [0.717, 1.165) is 0 Å². The number of aromatic nitrogens is 3. The summed E-state index contributed by atoms with van der Waals surface area (Å²) in [6.45, 7) is 3.08. The molecular formula is C21H20ClF3N4OS. The lowest BCUT2D eigenvalue weighted by Gasteiger charge is -2.46. The van der Waals surface area contributed by atoms with Gasteiger partial charge in [-0.05, 0) is 56.6 Å². The third-order valence-electron chi connectivity index (χ3n) is 6.02. The molecule has 0 amide bonds.